The normalized spacial score (nSPS) is 14.0. The zero-order valence-corrected chi connectivity index (χ0v) is 13.5. The molecule has 0 saturated carbocycles. The number of aryl methyl sites for hydroxylation is 2. The standard InChI is InChI=1S/C20H18N2O2/c1-14-4-7-18(8-5-14)22-10-2-3-16-11-15(6-9-19(16)22)12-17(13-21)20(23)24/h4-9,11-12H,2-3,10H2,1H3,(H,23,24). The number of aliphatic carboxylic acids is 1. The van der Waals surface area contributed by atoms with Crippen LogP contribution in [0.4, 0.5) is 11.4 Å². The van der Waals surface area contributed by atoms with E-state index in [1.165, 1.54) is 17.2 Å². The summed E-state index contributed by atoms with van der Waals surface area (Å²) in [7, 11) is 0. The van der Waals surface area contributed by atoms with E-state index in [2.05, 4.69) is 36.1 Å². The fourth-order valence-electron chi connectivity index (χ4n) is 3.01. The van der Waals surface area contributed by atoms with E-state index < -0.39 is 5.97 Å². The lowest BCUT2D eigenvalue weighted by Gasteiger charge is -2.31. The lowest BCUT2D eigenvalue weighted by Crippen LogP contribution is -2.24. The van der Waals surface area contributed by atoms with Crippen molar-refractivity contribution in [3.63, 3.8) is 0 Å². The van der Waals surface area contributed by atoms with Crippen LogP contribution < -0.4 is 4.90 Å². The maximum absolute atomic E-state index is 11.0. The molecule has 2 aromatic rings. The molecular weight excluding hydrogens is 300 g/mol. The Bertz CT molecular complexity index is 845. The Balaban J connectivity index is 1.97. The molecule has 0 amide bonds. The van der Waals surface area contributed by atoms with Gasteiger partial charge in [-0.15, -0.1) is 0 Å². The van der Waals surface area contributed by atoms with Gasteiger partial charge in [-0.25, -0.2) is 4.79 Å². The van der Waals surface area contributed by atoms with Crippen LogP contribution in [0, 0.1) is 18.3 Å². The molecule has 2 aromatic carbocycles. The van der Waals surface area contributed by atoms with Crippen LogP contribution in [0.15, 0.2) is 48.0 Å². The second kappa shape index (κ2) is 6.59. The number of hydrogen-bond acceptors (Lipinski definition) is 3. The van der Waals surface area contributed by atoms with E-state index in [9.17, 15) is 4.79 Å². The number of rotatable bonds is 3. The van der Waals surface area contributed by atoms with Crippen molar-refractivity contribution >= 4 is 23.4 Å². The van der Waals surface area contributed by atoms with Crippen LogP contribution >= 0.6 is 0 Å². The van der Waals surface area contributed by atoms with Crippen LogP contribution in [-0.4, -0.2) is 17.6 Å². The summed E-state index contributed by atoms with van der Waals surface area (Å²) >= 11 is 0. The highest BCUT2D eigenvalue weighted by Gasteiger charge is 2.18. The molecule has 120 valence electrons. The Hall–Kier alpha value is -3.06. The number of hydrogen-bond donors (Lipinski definition) is 1. The van der Waals surface area contributed by atoms with Crippen molar-refractivity contribution in [3.05, 3.63) is 64.7 Å². The maximum Gasteiger partial charge on any atom is 0.346 e. The number of carboxylic acids is 1. The summed E-state index contributed by atoms with van der Waals surface area (Å²) in [5.74, 6) is -1.20. The van der Waals surface area contributed by atoms with Crippen molar-refractivity contribution in [3.8, 4) is 6.07 Å². The first-order valence-electron chi connectivity index (χ1n) is 7.91. The number of carbonyl (C=O) groups is 1. The number of anilines is 2. The van der Waals surface area contributed by atoms with E-state index in [1.807, 2.05) is 18.2 Å². The van der Waals surface area contributed by atoms with E-state index in [-0.39, 0.29) is 5.57 Å². The molecule has 0 aromatic heterocycles. The van der Waals surface area contributed by atoms with Crippen molar-refractivity contribution in [1.29, 1.82) is 5.26 Å². The van der Waals surface area contributed by atoms with Gasteiger partial charge in [-0.3, -0.25) is 0 Å². The molecule has 24 heavy (non-hydrogen) atoms. The predicted octanol–water partition coefficient (Wildman–Crippen LogP) is 4.07. The Kier molecular flexibility index (Phi) is 4.35. The van der Waals surface area contributed by atoms with E-state index in [0.717, 1.165) is 36.3 Å². The number of carboxylic acid groups (broad SMARTS) is 1. The summed E-state index contributed by atoms with van der Waals surface area (Å²) in [4.78, 5) is 13.3. The minimum atomic E-state index is -1.20. The minimum absolute atomic E-state index is 0.249. The first-order valence-corrected chi connectivity index (χ1v) is 7.91. The van der Waals surface area contributed by atoms with Crippen LogP contribution in [0.5, 0.6) is 0 Å². The van der Waals surface area contributed by atoms with Gasteiger partial charge in [-0.1, -0.05) is 23.8 Å². The lowest BCUT2D eigenvalue weighted by molar-refractivity contribution is -0.132. The molecular formula is C20H18N2O2. The van der Waals surface area contributed by atoms with Crippen LogP contribution in [0.2, 0.25) is 0 Å². The molecule has 0 unspecified atom stereocenters. The third-order valence-electron chi connectivity index (χ3n) is 4.23. The number of nitriles is 1. The SMILES string of the molecule is Cc1ccc(N2CCCc3cc(C=C(C#N)C(=O)O)ccc32)cc1. The number of nitrogens with zero attached hydrogens (tertiary/aromatic N) is 2. The van der Waals surface area contributed by atoms with Crippen LogP contribution in [0.25, 0.3) is 6.08 Å². The first kappa shape index (κ1) is 15.8. The van der Waals surface area contributed by atoms with Crippen molar-refractivity contribution in [1.82, 2.24) is 0 Å². The Morgan fingerprint density at radius 2 is 2.00 bits per heavy atom. The zero-order valence-electron chi connectivity index (χ0n) is 13.5. The Morgan fingerprint density at radius 3 is 2.67 bits per heavy atom. The first-order chi connectivity index (χ1) is 11.6. The monoisotopic (exact) mass is 318 g/mol. The third-order valence-corrected chi connectivity index (χ3v) is 4.23. The topological polar surface area (TPSA) is 64.3 Å². The van der Waals surface area contributed by atoms with E-state index in [0.29, 0.717) is 0 Å². The van der Waals surface area contributed by atoms with Gasteiger partial charge >= 0.3 is 5.97 Å². The summed E-state index contributed by atoms with van der Waals surface area (Å²) in [6, 6.07) is 16.0. The molecule has 0 radical (unpaired) electrons. The van der Waals surface area contributed by atoms with Gasteiger partial charge in [0.05, 0.1) is 0 Å². The summed E-state index contributed by atoms with van der Waals surface area (Å²) in [6.45, 7) is 3.03. The maximum atomic E-state index is 11.0. The number of fused-ring (bicyclic) bond motifs is 1. The zero-order chi connectivity index (χ0) is 17.1. The highest BCUT2D eigenvalue weighted by Crippen LogP contribution is 2.34. The minimum Gasteiger partial charge on any atom is -0.477 e. The molecule has 4 heteroatoms. The third kappa shape index (κ3) is 3.16. The van der Waals surface area contributed by atoms with Gasteiger partial charge in [0.2, 0.25) is 0 Å². The van der Waals surface area contributed by atoms with Gasteiger partial charge in [0, 0.05) is 17.9 Å². The molecule has 3 rings (SSSR count). The van der Waals surface area contributed by atoms with Crippen LogP contribution in [-0.2, 0) is 11.2 Å². The largest absolute Gasteiger partial charge is 0.477 e. The van der Waals surface area contributed by atoms with E-state index >= 15 is 0 Å². The molecule has 0 saturated heterocycles. The number of benzene rings is 2. The smallest absolute Gasteiger partial charge is 0.346 e. The fraction of sp³-hybridized carbons (Fsp3) is 0.200. The van der Waals surface area contributed by atoms with Gasteiger partial charge in [0.1, 0.15) is 11.6 Å². The second-order valence-electron chi connectivity index (χ2n) is 5.95. The second-order valence-corrected chi connectivity index (χ2v) is 5.95. The lowest BCUT2D eigenvalue weighted by atomic mass is 9.97. The Morgan fingerprint density at radius 1 is 1.25 bits per heavy atom. The quantitative estimate of drug-likeness (QED) is 0.684. The molecule has 1 heterocycles. The highest BCUT2D eigenvalue weighted by molar-refractivity contribution is 5.96. The summed E-state index contributed by atoms with van der Waals surface area (Å²) in [6.07, 6.45) is 3.42. The summed E-state index contributed by atoms with van der Waals surface area (Å²) in [5.41, 5.74) is 5.22. The van der Waals surface area contributed by atoms with E-state index in [1.54, 1.807) is 6.07 Å². The molecule has 0 atom stereocenters. The predicted molar refractivity (Wildman–Crippen MR) is 94.2 cm³/mol. The molecule has 0 aliphatic carbocycles. The van der Waals surface area contributed by atoms with Crippen molar-refractivity contribution in [2.75, 3.05) is 11.4 Å². The molecule has 4 nitrogen and oxygen atoms in total. The van der Waals surface area contributed by atoms with Crippen LogP contribution in [0.1, 0.15) is 23.1 Å². The average molecular weight is 318 g/mol. The van der Waals surface area contributed by atoms with Gasteiger partial charge in [-0.05, 0) is 61.2 Å². The molecule has 1 N–H and O–H groups in total. The molecule has 0 bridgehead atoms. The average Bonchev–Trinajstić information content (AvgIpc) is 2.59. The van der Waals surface area contributed by atoms with Crippen molar-refractivity contribution in [2.24, 2.45) is 0 Å². The Labute approximate surface area is 141 Å². The molecule has 1 aliphatic heterocycles. The van der Waals surface area contributed by atoms with Crippen molar-refractivity contribution < 1.29 is 9.90 Å². The van der Waals surface area contributed by atoms with Gasteiger partial charge in [-0.2, -0.15) is 5.26 Å². The summed E-state index contributed by atoms with van der Waals surface area (Å²) < 4.78 is 0. The van der Waals surface area contributed by atoms with E-state index in [4.69, 9.17) is 10.4 Å². The van der Waals surface area contributed by atoms with Crippen LogP contribution in [0.3, 0.4) is 0 Å². The molecule has 0 spiro atoms. The summed E-state index contributed by atoms with van der Waals surface area (Å²) in [5, 5.41) is 17.9. The van der Waals surface area contributed by atoms with Gasteiger partial charge in [0.15, 0.2) is 0 Å². The highest BCUT2D eigenvalue weighted by atomic mass is 16.4. The van der Waals surface area contributed by atoms with Crippen molar-refractivity contribution in [2.45, 2.75) is 19.8 Å². The van der Waals surface area contributed by atoms with Gasteiger partial charge < -0.3 is 10.0 Å². The van der Waals surface area contributed by atoms with Gasteiger partial charge in [0.25, 0.3) is 0 Å². The molecule has 1 aliphatic rings. The molecule has 0 fully saturated rings. The fourth-order valence-corrected chi connectivity index (χ4v) is 3.01.